The molecule has 0 radical (unpaired) electrons. The van der Waals surface area contributed by atoms with Crippen LogP contribution in [0.3, 0.4) is 0 Å². The minimum absolute atomic E-state index is 0. The van der Waals surface area contributed by atoms with Crippen LogP contribution in [0.5, 0.6) is 0 Å². The molecule has 1 aliphatic rings. The van der Waals surface area contributed by atoms with E-state index in [4.69, 9.17) is 5.73 Å². The van der Waals surface area contributed by atoms with Gasteiger partial charge in [-0.3, -0.25) is 0 Å². The van der Waals surface area contributed by atoms with E-state index in [0.717, 1.165) is 24.1 Å². The number of guanidine groups is 1. The van der Waals surface area contributed by atoms with Crippen LogP contribution in [0, 0.1) is 5.82 Å². The molecule has 2 atom stereocenters. The molecule has 0 spiro atoms. The number of nitrogens with two attached hydrogens (primary N) is 1. The Morgan fingerprint density at radius 2 is 2.00 bits per heavy atom. The maximum absolute atomic E-state index is 12.9. The Kier molecular flexibility index (Phi) is 5.98. The van der Waals surface area contributed by atoms with Crippen LogP contribution < -0.4 is 11.1 Å². The van der Waals surface area contributed by atoms with E-state index in [1.54, 1.807) is 0 Å². The van der Waals surface area contributed by atoms with Crippen LogP contribution in [0.2, 0.25) is 0 Å². The Morgan fingerprint density at radius 3 is 2.70 bits per heavy atom. The van der Waals surface area contributed by atoms with Crippen molar-refractivity contribution in [1.29, 1.82) is 0 Å². The zero-order valence-corrected chi connectivity index (χ0v) is 15.3. The van der Waals surface area contributed by atoms with Crippen LogP contribution in [0.25, 0.3) is 0 Å². The first kappa shape index (κ1) is 17.7. The number of nitrogens with zero attached hydrogens (tertiary/aromatic N) is 1. The van der Waals surface area contributed by atoms with Crippen LogP contribution >= 0.6 is 24.0 Å². The van der Waals surface area contributed by atoms with E-state index in [1.165, 1.54) is 17.7 Å². The summed E-state index contributed by atoms with van der Waals surface area (Å²) >= 11 is 0. The van der Waals surface area contributed by atoms with Gasteiger partial charge >= 0.3 is 0 Å². The SMILES string of the molecule is CCc1cccc(NC(N)=N[C@@H]2C[C@H]2c2ccc(F)cc2)c1.I. The number of benzene rings is 2. The third-order valence-electron chi connectivity index (χ3n) is 3.97. The molecule has 23 heavy (non-hydrogen) atoms. The first-order valence-corrected chi connectivity index (χ1v) is 7.60. The molecule has 2 aromatic carbocycles. The van der Waals surface area contributed by atoms with E-state index < -0.39 is 0 Å². The highest BCUT2D eigenvalue weighted by Gasteiger charge is 2.38. The predicted molar refractivity (Wildman–Crippen MR) is 104 cm³/mol. The van der Waals surface area contributed by atoms with E-state index in [1.807, 2.05) is 24.3 Å². The van der Waals surface area contributed by atoms with Gasteiger partial charge in [-0.15, -0.1) is 24.0 Å². The maximum Gasteiger partial charge on any atom is 0.193 e. The number of halogens is 2. The topological polar surface area (TPSA) is 50.4 Å². The Morgan fingerprint density at radius 1 is 1.26 bits per heavy atom. The van der Waals surface area contributed by atoms with Crippen molar-refractivity contribution in [1.82, 2.24) is 0 Å². The zero-order chi connectivity index (χ0) is 15.5. The van der Waals surface area contributed by atoms with Gasteiger partial charge in [-0.25, -0.2) is 9.38 Å². The summed E-state index contributed by atoms with van der Waals surface area (Å²) in [6.07, 6.45) is 1.95. The number of aryl methyl sites for hydroxylation is 1. The van der Waals surface area contributed by atoms with Gasteiger partial charge in [-0.05, 0) is 48.2 Å². The lowest BCUT2D eigenvalue weighted by Crippen LogP contribution is -2.23. The summed E-state index contributed by atoms with van der Waals surface area (Å²) in [7, 11) is 0. The maximum atomic E-state index is 12.9. The normalized spacial score (nSPS) is 19.8. The minimum atomic E-state index is -0.207. The van der Waals surface area contributed by atoms with Crippen LogP contribution in [0.1, 0.15) is 30.4 Å². The second kappa shape index (κ2) is 7.77. The quantitative estimate of drug-likeness (QED) is 0.436. The fraction of sp³-hybridized carbons (Fsp3) is 0.278. The van der Waals surface area contributed by atoms with Gasteiger partial charge in [0.1, 0.15) is 5.82 Å². The molecule has 0 aliphatic heterocycles. The van der Waals surface area contributed by atoms with Crippen LogP contribution in [0.4, 0.5) is 10.1 Å². The van der Waals surface area contributed by atoms with Crippen LogP contribution in [-0.4, -0.2) is 12.0 Å². The van der Waals surface area contributed by atoms with Crippen molar-refractivity contribution in [2.75, 3.05) is 5.32 Å². The Hall–Kier alpha value is -1.63. The van der Waals surface area contributed by atoms with Crippen LogP contribution in [-0.2, 0) is 6.42 Å². The standard InChI is InChI=1S/C18H20FN3.HI/c1-2-12-4-3-5-15(10-12)21-18(20)22-17-11-16(17)13-6-8-14(19)9-7-13;/h3-10,16-17H,2,11H2,1H3,(H3,20,21,22);1H/t16-,17+;/m0./s1. The molecule has 0 unspecified atom stereocenters. The number of hydrogen-bond acceptors (Lipinski definition) is 1. The van der Waals surface area contributed by atoms with Gasteiger partial charge in [0, 0.05) is 11.6 Å². The first-order chi connectivity index (χ1) is 10.7. The van der Waals surface area contributed by atoms with Crippen LogP contribution in [0.15, 0.2) is 53.5 Å². The van der Waals surface area contributed by atoms with Gasteiger partial charge < -0.3 is 11.1 Å². The van der Waals surface area contributed by atoms with Gasteiger partial charge in [0.25, 0.3) is 0 Å². The van der Waals surface area contributed by atoms with Crippen molar-refractivity contribution in [3.8, 4) is 0 Å². The summed E-state index contributed by atoms with van der Waals surface area (Å²) in [4.78, 5) is 4.51. The molecule has 0 saturated heterocycles. The summed E-state index contributed by atoms with van der Waals surface area (Å²) in [6.45, 7) is 2.12. The molecule has 122 valence electrons. The smallest absolute Gasteiger partial charge is 0.193 e. The third kappa shape index (κ3) is 4.67. The predicted octanol–water partition coefficient (Wildman–Crippen LogP) is 4.29. The number of rotatable bonds is 4. The molecule has 2 aromatic rings. The van der Waals surface area contributed by atoms with E-state index in [0.29, 0.717) is 11.9 Å². The second-order valence-corrected chi connectivity index (χ2v) is 5.65. The minimum Gasteiger partial charge on any atom is -0.370 e. The average molecular weight is 425 g/mol. The Bertz CT molecular complexity index is 685. The lowest BCUT2D eigenvalue weighted by Gasteiger charge is -2.07. The fourth-order valence-electron chi connectivity index (χ4n) is 2.62. The molecule has 0 amide bonds. The largest absolute Gasteiger partial charge is 0.370 e. The first-order valence-electron chi connectivity index (χ1n) is 7.60. The summed E-state index contributed by atoms with van der Waals surface area (Å²) in [6, 6.07) is 15.0. The highest BCUT2D eigenvalue weighted by Crippen LogP contribution is 2.43. The molecule has 0 aromatic heterocycles. The highest BCUT2D eigenvalue weighted by molar-refractivity contribution is 14.0. The van der Waals surface area contributed by atoms with Crippen molar-refractivity contribution in [3.05, 3.63) is 65.5 Å². The van der Waals surface area contributed by atoms with Gasteiger partial charge in [0.15, 0.2) is 5.96 Å². The molecule has 0 bridgehead atoms. The monoisotopic (exact) mass is 425 g/mol. The van der Waals surface area contributed by atoms with Gasteiger partial charge in [0.05, 0.1) is 6.04 Å². The zero-order valence-electron chi connectivity index (χ0n) is 13.0. The number of hydrogen-bond donors (Lipinski definition) is 2. The van der Waals surface area contributed by atoms with Crippen molar-refractivity contribution in [3.63, 3.8) is 0 Å². The molecule has 1 fully saturated rings. The second-order valence-electron chi connectivity index (χ2n) is 5.65. The summed E-state index contributed by atoms with van der Waals surface area (Å²) in [5.74, 6) is 0.576. The average Bonchev–Trinajstić information content (AvgIpc) is 3.27. The summed E-state index contributed by atoms with van der Waals surface area (Å²) < 4.78 is 12.9. The lowest BCUT2D eigenvalue weighted by molar-refractivity contribution is 0.627. The van der Waals surface area contributed by atoms with Crippen molar-refractivity contribution in [2.24, 2.45) is 10.7 Å². The lowest BCUT2D eigenvalue weighted by atomic mass is 10.1. The molecule has 3 rings (SSSR count). The summed E-state index contributed by atoms with van der Waals surface area (Å²) in [5, 5.41) is 3.14. The highest BCUT2D eigenvalue weighted by atomic mass is 127. The Labute approximate surface area is 153 Å². The van der Waals surface area contributed by atoms with Gasteiger partial charge in [0.2, 0.25) is 0 Å². The van der Waals surface area contributed by atoms with E-state index in [-0.39, 0.29) is 35.8 Å². The van der Waals surface area contributed by atoms with Crippen molar-refractivity contribution < 1.29 is 4.39 Å². The fourth-order valence-corrected chi connectivity index (χ4v) is 2.62. The van der Waals surface area contributed by atoms with E-state index in [2.05, 4.69) is 29.4 Å². The molecular weight excluding hydrogens is 404 g/mol. The molecule has 5 heteroatoms. The van der Waals surface area contributed by atoms with Crippen molar-refractivity contribution >= 4 is 35.6 Å². The van der Waals surface area contributed by atoms with Crippen molar-refractivity contribution in [2.45, 2.75) is 31.7 Å². The molecule has 3 nitrogen and oxygen atoms in total. The molecule has 3 N–H and O–H groups in total. The third-order valence-corrected chi connectivity index (χ3v) is 3.97. The van der Waals surface area contributed by atoms with E-state index >= 15 is 0 Å². The molecule has 1 saturated carbocycles. The number of nitrogens with one attached hydrogen (secondary N) is 1. The number of aliphatic imine (C=N–C) groups is 1. The molecular formula is C18H21FIN3. The number of anilines is 1. The Balaban J connectivity index is 0.00000192. The van der Waals surface area contributed by atoms with Gasteiger partial charge in [-0.1, -0.05) is 31.2 Å². The molecule has 0 heterocycles. The molecule has 1 aliphatic carbocycles. The summed E-state index contributed by atoms with van der Waals surface area (Å²) in [5.41, 5.74) is 9.32. The van der Waals surface area contributed by atoms with Gasteiger partial charge in [-0.2, -0.15) is 0 Å². The van der Waals surface area contributed by atoms with E-state index in [9.17, 15) is 4.39 Å².